The smallest absolute Gasteiger partial charge is 0.238 e. The van der Waals surface area contributed by atoms with Crippen molar-refractivity contribution in [1.29, 1.82) is 0 Å². The molecule has 2 aliphatic rings. The molecular formula is C18H20N2O3S. The summed E-state index contributed by atoms with van der Waals surface area (Å²) in [6.07, 6.45) is 4.55. The maximum Gasteiger partial charge on any atom is 0.238 e. The Morgan fingerprint density at radius 2 is 1.96 bits per heavy atom. The van der Waals surface area contributed by atoms with Gasteiger partial charge in [0.2, 0.25) is 15.7 Å². The van der Waals surface area contributed by atoms with Crippen LogP contribution in [-0.2, 0) is 28.6 Å². The van der Waals surface area contributed by atoms with Gasteiger partial charge in [0.05, 0.1) is 10.6 Å². The van der Waals surface area contributed by atoms with Crippen LogP contribution in [0.2, 0.25) is 0 Å². The lowest BCUT2D eigenvalue weighted by Gasteiger charge is -2.30. The van der Waals surface area contributed by atoms with Gasteiger partial charge in [0.25, 0.3) is 0 Å². The first-order chi connectivity index (χ1) is 11.4. The Morgan fingerprint density at radius 1 is 1.17 bits per heavy atom. The first kappa shape index (κ1) is 15.5. The van der Waals surface area contributed by atoms with E-state index in [-0.39, 0.29) is 4.90 Å². The number of benzene rings is 2. The number of hydrogen-bond donors (Lipinski definition) is 2. The summed E-state index contributed by atoms with van der Waals surface area (Å²) in [5, 5.41) is 8.62. The van der Waals surface area contributed by atoms with Gasteiger partial charge in [-0.3, -0.25) is 0 Å². The van der Waals surface area contributed by atoms with Crippen molar-refractivity contribution in [2.24, 2.45) is 5.14 Å². The molecule has 0 spiro atoms. The molecule has 0 saturated heterocycles. The molecule has 0 fully saturated rings. The van der Waals surface area contributed by atoms with Crippen LogP contribution in [0.5, 0.6) is 5.75 Å². The molecule has 0 saturated carbocycles. The van der Waals surface area contributed by atoms with Crippen molar-refractivity contribution >= 4 is 15.7 Å². The molecule has 1 aliphatic heterocycles. The van der Waals surface area contributed by atoms with Crippen molar-refractivity contribution < 1.29 is 13.2 Å². The summed E-state index contributed by atoms with van der Waals surface area (Å²) < 4.78 is 29.3. The maximum atomic E-state index is 11.6. The van der Waals surface area contributed by atoms with Gasteiger partial charge in [-0.1, -0.05) is 18.2 Å². The molecule has 1 heterocycles. The number of nitrogens with one attached hydrogen (secondary N) is 1. The topological polar surface area (TPSA) is 81.4 Å². The van der Waals surface area contributed by atoms with Crippen molar-refractivity contribution in [1.82, 2.24) is 0 Å². The van der Waals surface area contributed by atoms with Gasteiger partial charge >= 0.3 is 0 Å². The van der Waals surface area contributed by atoms with E-state index in [4.69, 9.17) is 9.88 Å². The third kappa shape index (κ3) is 2.46. The fourth-order valence-corrected chi connectivity index (χ4v) is 4.25. The Hall–Kier alpha value is -2.05. The second-order valence-corrected chi connectivity index (χ2v) is 8.18. The number of anilines is 1. The van der Waals surface area contributed by atoms with Crippen molar-refractivity contribution in [2.45, 2.75) is 43.2 Å². The van der Waals surface area contributed by atoms with E-state index in [2.05, 4.69) is 23.5 Å². The molecule has 0 bridgehead atoms. The zero-order valence-electron chi connectivity index (χ0n) is 13.5. The highest BCUT2D eigenvalue weighted by molar-refractivity contribution is 7.89. The number of ether oxygens (including phenoxy) is 1. The van der Waals surface area contributed by atoms with Crippen molar-refractivity contribution in [3.63, 3.8) is 0 Å². The highest BCUT2D eigenvalue weighted by Gasteiger charge is 2.38. The van der Waals surface area contributed by atoms with Gasteiger partial charge in [-0.05, 0) is 55.9 Å². The van der Waals surface area contributed by atoms with Crippen molar-refractivity contribution in [3.05, 3.63) is 53.1 Å². The quantitative estimate of drug-likeness (QED) is 0.878. The fourth-order valence-electron chi connectivity index (χ4n) is 3.72. The predicted molar refractivity (Wildman–Crippen MR) is 92.5 cm³/mol. The predicted octanol–water partition coefficient (Wildman–Crippen LogP) is 2.89. The zero-order chi connectivity index (χ0) is 16.9. The summed E-state index contributed by atoms with van der Waals surface area (Å²) >= 11 is 0. The van der Waals surface area contributed by atoms with E-state index in [9.17, 15) is 8.42 Å². The Labute approximate surface area is 141 Å². The minimum Gasteiger partial charge on any atom is -0.462 e. The lowest BCUT2D eigenvalue weighted by atomic mass is 9.85. The number of hydrogen-bond acceptors (Lipinski definition) is 4. The molecule has 2 aromatic rings. The van der Waals surface area contributed by atoms with Crippen molar-refractivity contribution in [2.75, 3.05) is 5.32 Å². The third-order valence-corrected chi connectivity index (χ3v) is 5.79. The summed E-state index contributed by atoms with van der Waals surface area (Å²) in [7, 11) is -3.75. The van der Waals surface area contributed by atoms with E-state index in [0.717, 1.165) is 24.1 Å². The molecule has 6 heteroatoms. The van der Waals surface area contributed by atoms with E-state index >= 15 is 0 Å². The van der Waals surface area contributed by atoms with Gasteiger partial charge in [-0.25, -0.2) is 13.6 Å². The summed E-state index contributed by atoms with van der Waals surface area (Å²) in [4.78, 5) is 0.0578. The number of nitrogens with two attached hydrogens (primary N) is 1. The van der Waals surface area contributed by atoms with E-state index in [0.29, 0.717) is 5.75 Å². The molecule has 1 atom stereocenters. The maximum absolute atomic E-state index is 11.6. The van der Waals surface area contributed by atoms with E-state index in [1.54, 1.807) is 6.07 Å². The number of primary sulfonamides is 1. The van der Waals surface area contributed by atoms with Crippen LogP contribution in [0, 0.1) is 0 Å². The van der Waals surface area contributed by atoms with Gasteiger partial charge < -0.3 is 10.1 Å². The number of aryl methyl sites for hydroxylation is 1. The lowest BCUT2D eigenvalue weighted by molar-refractivity contribution is 0.138. The average Bonchev–Trinajstić information content (AvgIpc) is 2.90. The molecule has 126 valence electrons. The number of fused-ring (bicyclic) bond motifs is 2. The SMILES string of the molecule is CC1(c2cccc3c2CCCC3)Nc2ccc(S(N)(=O)=O)cc2O1. The van der Waals surface area contributed by atoms with Crippen LogP contribution < -0.4 is 15.2 Å². The second kappa shape index (κ2) is 5.22. The number of rotatable bonds is 2. The summed E-state index contributed by atoms with van der Waals surface area (Å²) in [5.74, 6) is 0.512. The molecule has 4 rings (SSSR count). The molecule has 3 N–H and O–H groups in total. The van der Waals surface area contributed by atoms with Crippen LogP contribution in [-0.4, -0.2) is 8.42 Å². The highest BCUT2D eigenvalue weighted by atomic mass is 32.2. The Balaban J connectivity index is 1.76. The zero-order valence-corrected chi connectivity index (χ0v) is 14.3. The van der Waals surface area contributed by atoms with Crippen LogP contribution in [0.4, 0.5) is 5.69 Å². The molecule has 1 aliphatic carbocycles. The standard InChI is InChI=1S/C18H20N2O3S/c1-18(15-8-4-6-12-5-2-3-7-14(12)15)20-16-10-9-13(24(19,21)22)11-17(16)23-18/h4,6,8-11,20H,2-3,5,7H2,1H3,(H2,19,21,22). The van der Waals surface area contributed by atoms with E-state index in [1.807, 2.05) is 6.92 Å². The largest absolute Gasteiger partial charge is 0.462 e. The molecule has 0 aromatic heterocycles. The second-order valence-electron chi connectivity index (χ2n) is 6.61. The third-order valence-electron chi connectivity index (χ3n) is 4.88. The first-order valence-electron chi connectivity index (χ1n) is 8.12. The Kier molecular flexibility index (Phi) is 3.37. The van der Waals surface area contributed by atoms with E-state index in [1.165, 1.54) is 36.1 Å². The minimum absolute atomic E-state index is 0.0578. The normalized spacial score (nSPS) is 22.2. The molecule has 0 amide bonds. The molecule has 2 aromatic carbocycles. The Morgan fingerprint density at radius 3 is 2.75 bits per heavy atom. The first-order valence-corrected chi connectivity index (χ1v) is 9.67. The minimum atomic E-state index is -3.75. The molecular weight excluding hydrogens is 324 g/mol. The summed E-state index contributed by atoms with van der Waals surface area (Å²) in [6.45, 7) is 1.98. The average molecular weight is 344 g/mol. The van der Waals surface area contributed by atoms with Crippen LogP contribution >= 0.6 is 0 Å². The van der Waals surface area contributed by atoms with Gasteiger partial charge in [-0.2, -0.15) is 0 Å². The van der Waals surface area contributed by atoms with Crippen LogP contribution in [0.1, 0.15) is 36.5 Å². The van der Waals surface area contributed by atoms with Crippen LogP contribution in [0.25, 0.3) is 0 Å². The molecule has 5 nitrogen and oxygen atoms in total. The lowest BCUT2D eigenvalue weighted by Crippen LogP contribution is -2.35. The van der Waals surface area contributed by atoms with Gasteiger partial charge in [0, 0.05) is 11.6 Å². The monoisotopic (exact) mass is 344 g/mol. The van der Waals surface area contributed by atoms with Crippen molar-refractivity contribution in [3.8, 4) is 5.75 Å². The summed E-state index contributed by atoms with van der Waals surface area (Å²) in [5.41, 5.74) is 3.92. The highest BCUT2D eigenvalue weighted by Crippen LogP contribution is 2.44. The Bertz CT molecular complexity index is 924. The van der Waals surface area contributed by atoms with Crippen LogP contribution in [0.3, 0.4) is 0 Å². The van der Waals surface area contributed by atoms with Crippen LogP contribution in [0.15, 0.2) is 41.3 Å². The molecule has 24 heavy (non-hydrogen) atoms. The van der Waals surface area contributed by atoms with E-state index < -0.39 is 15.7 Å². The van der Waals surface area contributed by atoms with Gasteiger partial charge in [0.15, 0.2) is 0 Å². The fraction of sp³-hybridized carbons (Fsp3) is 0.333. The number of sulfonamides is 1. The van der Waals surface area contributed by atoms with Gasteiger partial charge in [0.1, 0.15) is 5.75 Å². The summed E-state index contributed by atoms with van der Waals surface area (Å²) in [6, 6.07) is 11.0. The molecule has 0 radical (unpaired) electrons. The van der Waals surface area contributed by atoms with Gasteiger partial charge in [-0.15, -0.1) is 0 Å². The molecule has 1 unspecified atom stereocenters.